The molecule has 0 aliphatic carbocycles. The third-order valence-corrected chi connectivity index (χ3v) is 6.06. The van der Waals surface area contributed by atoms with Crippen molar-refractivity contribution in [2.45, 2.75) is 26.2 Å². The van der Waals surface area contributed by atoms with Gasteiger partial charge in [-0.3, -0.25) is 9.59 Å². The Morgan fingerprint density at radius 2 is 2.06 bits per heavy atom. The van der Waals surface area contributed by atoms with E-state index in [0.29, 0.717) is 36.7 Å². The normalized spacial score (nSPS) is 13.3. The summed E-state index contributed by atoms with van der Waals surface area (Å²) >= 11 is 1.48. The summed E-state index contributed by atoms with van der Waals surface area (Å²) in [4.78, 5) is 31.0. The second-order valence-corrected chi connectivity index (χ2v) is 8.19. The lowest BCUT2D eigenvalue weighted by atomic mass is 10.2. The predicted octanol–water partition coefficient (Wildman–Crippen LogP) is 4.53. The van der Waals surface area contributed by atoms with E-state index in [1.54, 1.807) is 24.1 Å². The van der Waals surface area contributed by atoms with Gasteiger partial charge in [0.2, 0.25) is 11.8 Å². The summed E-state index contributed by atoms with van der Waals surface area (Å²) in [5.41, 5.74) is 2.95. The van der Waals surface area contributed by atoms with Crippen molar-refractivity contribution in [3.05, 3.63) is 53.5 Å². The molecule has 1 N–H and O–H groups in total. The largest absolute Gasteiger partial charge is 0.494 e. The maximum absolute atomic E-state index is 12.6. The Morgan fingerprint density at radius 1 is 1.22 bits per heavy atom. The fraction of sp³-hybridized carbons (Fsp3) is 0.292. The van der Waals surface area contributed by atoms with Crippen molar-refractivity contribution in [2.75, 3.05) is 30.5 Å². The number of aromatic nitrogens is 1. The van der Waals surface area contributed by atoms with Crippen molar-refractivity contribution < 1.29 is 19.1 Å². The minimum Gasteiger partial charge on any atom is -0.494 e. The lowest BCUT2D eigenvalue weighted by molar-refractivity contribution is -0.117. The van der Waals surface area contributed by atoms with Gasteiger partial charge >= 0.3 is 0 Å². The van der Waals surface area contributed by atoms with Crippen LogP contribution in [0.15, 0.2) is 47.8 Å². The van der Waals surface area contributed by atoms with Crippen LogP contribution in [0.3, 0.4) is 0 Å². The summed E-state index contributed by atoms with van der Waals surface area (Å²) in [6.45, 7) is 3.20. The summed E-state index contributed by atoms with van der Waals surface area (Å²) < 4.78 is 11.1. The molecule has 0 atom stereocenters. The molecule has 1 fully saturated rings. The second kappa shape index (κ2) is 9.82. The second-order valence-electron chi connectivity index (χ2n) is 7.33. The van der Waals surface area contributed by atoms with Crippen LogP contribution >= 0.6 is 11.3 Å². The van der Waals surface area contributed by atoms with Crippen molar-refractivity contribution in [2.24, 2.45) is 0 Å². The molecule has 8 heteroatoms. The molecule has 166 valence electrons. The van der Waals surface area contributed by atoms with E-state index in [2.05, 4.69) is 10.3 Å². The van der Waals surface area contributed by atoms with E-state index in [0.717, 1.165) is 28.4 Å². The number of thiazole rings is 1. The molecule has 1 aliphatic heterocycles. The maximum atomic E-state index is 12.6. The van der Waals surface area contributed by atoms with Gasteiger partial charge in [0, 0.05) is 30.1 Å². The number of nitrogens with zero attached hydrogens (tertiary/aromatic N) is 2. The lowest BCUT2D eigenvalue weighted by Crippen LogP contribution is -2.24. The Hall–Kier alpha value is -3.39. The minimum absolute atomic E-state index is 0.0883. The number of carbonyl (C=O) groups excluding carboxylic acids is 2. The van der Waals surface area contributed by atoms with Gasteiger partial charge in [-0.25, -0.2) is 4.98 Å². The first-order valence-electron chi connectivity index (χ1n) is 10.5. The zero-order valence-corrected chi connectivity index (χ0v) is 18.9. The van der Waals surface area contributed by atoms with Crippen LogP contribution < -0.4 is 19.7 Å². The molecule has 1 aromatic heterocycles. The summed E-state index contributed by atoms with van der Waals surface area (Å²) in [6.07, 6.45) is 1.54. The molecule has 4 rings (SSSR count). The van der Waals surface area contributed by atoms with Crippen LogP contribution in [0.5, 0.6) is 11.5 Å². The van der Waals surface area contributed by atoms with Crippen LogP contribution in [-0.4, -0.2) is 37.1 Å². The van der Waals surface area contributed by atoms with Gasteiger partial charge in [-0.05, 0) is 37.6 Å². The number of rotatable bonds is 8. The fourth-order valence-corrected chi connectivity index (χ4v) is 4.54. The van der Waals surface area contributed by atoms with E-state index in [-0.39, 0.29) is 18.2 Å². The van der Waals surface area contributed by atoms with E-state index < -0.39 is 0 Å². The zero-order valence-electron chi connectivity index (χ0n) is 18.1. The van der Waals surface area contributed by atoms with E-state index >= 15 is 0 Å². The predicted molar refractivity (Wildman–Crippen MR) is 126 cm³/mol. The van der Waals surface area contributed by atoms with Crippen molar-refractivity contribution in [3.63, 3.8) is 0 Å². The molecule has 3 aromatic rings. The quantitative estimate of drug-likeness (QED) is 0.544. The highest BCUT2D eigenvalue weighted by molar-refractivity contribution is 7.13. The highest BCUT2D eigenvalue weighted by Gasteiger charge is 2.24. The molecule has 0 spiro atoms. The van der Waals surface area contributed by atoms with Gasteiger partial charge < -0.3 is 19.7 Å². The van der Waals surface area contributed by atoms with Gasteiger partial charge in [-0.15, -0.1) is 11.3 Å². The van der Waals surface area contributed by atoms with Crippen LogP contribution in [-0.2, 0) is 16.0 Å². The molecule has 0 bridgehead atoms. The van der Waals surface area contributed by atoms with Crippen molar-refractivity contribution in [1.29, 1.82) is 0 Å². The first-order chi connectivity index (χ1) is 15.6. The first kappa shape index (κ1) is 21.8. The van der Waals surface area contributed by atoms with Crippen molar-refractivity contribution in [1.82, 2.24) is 4.98 Å². The van der Waals surface area contributed by atoms with Crippen molar-refractivity contribution in [3.8, 4) is 22.1 Å². The molecule has 7 nitrogen and oxygen atoms in total. The van der Waals surface area contributed by atoms with Crippen LogP contribution in [0.1, 0.15) is 25.5 Å². The molecule has 32 heavy (non-hydrogen) atoms. The standard InChI is InChI=1S/C24H25N3O4S/c1-3-31-20-8-5-4-7-18(20)24-26-17(15-32-24)14-22(28)25-16-10-11-19(21(13-16)30-2)27-12-6-9-23(27)29/h4-5,7-8,10-11,13,15H,3,6,9,12,14H2,1-2H3,(H,25,28). The number of carbonyl (C=O) groups is 2. The van der Waals surface area contributed by atoms with E-state index in [1.165, 1.54) is 11.3 Å². The minimum atomic E-state index is -0.174. The topological polar surface area (TPSA) is 80.8 Å². The molecule has 2 heterocycles. The average molecular weight is 452 g/mol. The maximum Gasteiger partial charge on any atom is 0.230 e. The molecule has 0 saturated carbocycles. The number of hydrogen-bond acceptors (Lipinski definition) is 6. The third-order valence-electron chi connectivity index (χ3n) is 5.14. The summed E-state index contributed by atoms with van der Waals surface area (Å²) in [7, 11) is 1.56. The monoisotopic (exact) mass is 451 g/mol. The molecule has 2 aromatic carbocycles. The third kappa shape index (κ3) is 4.75. The molecular formula is C24H25N3O4S. The molecule has 0 radical (unpaired) electrons. The number of nitrogens with one attached hydrogen (secondary N) is 1. The molecule has 1 saturated heterocycles. The van der Waals surface area contributed by atoms with Crippen LogP contribution in [0.2, 0.25) is 0 Å². The van der Waals surface area contributed by atoms with Gasteiger partial charge in [-0.2, -0.15) is 0 Å². The lowest BCUT2D eigenvalue weighted by Gasteiger charge is -2.19. The number of anilines is 2. The first-order valence-corrected chi connectivity index (χ1v) is 11.4. The van der Waals surface area contributed by atoms with Crippen LogP contribution in [0.4, 0.5) is 11.4 Å². The highest BCUT2D eigenvalue weighted by atomic mass is 32.1. The molecule has 1 aliphatic rings. The zero-order chi connectivity index (χ0) is 22.5. The van der Waals surface area contributed by atoms with Crippen molar-refractivity contribution >= 4 is 34.5 Å². The van der Waals surface area contributed by atoms with E-state index in [4.69, 9.17) is 9.47 Å². The molecule has 2 amide bonds. The highest BCUT2D eigenvalue weighted by Crippen LogP contribution is 2.34. The summed E-state index contributed by atoms with van der Waals surface area (Å²) in [5, 5.41) is 5.60. The van der Waals surface area contributed by atoms with Crippen LogP contribution in [0, 0.1) is 0 Å². The Bertz CT molecular complexity index is 1130. The number of amides is 2. The number of benzene rings is 2. The Morgan fingerprint density at radius 3 is 2.81 bits per heavy atom. The van der Waals surface area contributed by atoms with Crippen LogP contribution in [0.25, 0.3) is 10.6 Å². The van der Waals surface area contributed by atoms with Gasteiger partial charge in [0.1, 0.15) is 16.5 Å². The number of ether oxygens (including phenoxy) is 2. The Balaban J connectivity index is 1.44. The smallest absolute Gasteiger partial charge is 0.230 e. The van der Waals surface area contributed by atoms with E-state index in [9.17, 15) is 9.59 Å². The SMILES string of the molecule is CCOc1ccccc1-c1nc(CC(=O)Nc2ccc(N3CCCC3=O)c(OC)c2)cs1. The molecular weight excluding hydrogens is 426 g/mol. The Kier molecular flexibility index (Phi) is 6.70. The van der Waals surface area contributed by atoms with E-state index in [1.807, 2.05) is 42.6 Å². The summed E-state index contributed by atoms with van der Waals surface area (Å²) in [5.74, 6) is 1.25. The average Bonchev–Trinajstić information content (AvgIpc) is 3.43. The molecule has 0 unspecified atom stereocenters. The van der Waals surface area contributed by atoms with Gasteiger partial charge in [0.05, 0.1) is 37.1 Å². The number of hydrogen-bond donors (Lipinski definition) is 1. The van der Waals surface area contributed by atoms with Gasteiger partial charge in [-0.1, -0.05) is 12.1 Å². The number of para-hydroxylation sites is 1. The van der Waals surface area contributed by atoms with Gasteiger partial charge in [0.25, 0.3) is 0 Å². The summed E-state index contributed by atoms with van der Waals surface area (Å²) in [6, 6.07) is 13.1. The Labute approximate surface area is 191 Å². The van der Waals surface area contributed by atoms with Gasteiger partial charge in [0.15, 0.2) is 0 Å². The number of methoxy groups -OCH3 is 1. The fourth-order valence-electron chi connectivity index (χ4n) is 3.69.